The molecule has 132 valence electrons. The number of amides is 1. The molecule has 1 amide bonds. The normalized spacial score (nSPS) is 20.3. The standard InChI is InChI=1S/C21H19NO4/c1-13(18-11-14-7-4-6-10-17(14)25-18)22-20(24)21(2)12-15-8-3-5-9-16(15)19(23)26-21/h3-11,13H,12H2,1-2H3,(H,22,24). The number of nitrogens with one attached hydrogen (secondary N) is 1. The van der Waals surface area contributed by atoms with Crippen LogP contribution in [0.5, 0.6) is 0 Å². The van der Waals surface area contributed by atoms with E-state index >= 15 is 0 Å². The van der Waals surface area contributed by atoms with Crippen LogP contribution in [0.3, 0.4) is 0 Å². The predicted molar refractivity (Wildman–Crippen MR) is 96.7 cm³/mol. The third-order valence-corrected chi connectivity index (χ3v) is 4.78. The molecule has 26 heavy (non-hydrogen) atoms. The van der Waals surface area contributed by atoms with E-state index in [0.29, 0.717) is 17.7 Å². The first-order valence-corrected chi connectivity index (χ1v) is 8.57. The molecule has 2 unspecified atom stereocenters. The van der Waals surface area contributed by atoms with Gasteiger partial charge in [0.15, 0.2) is 5.60 Å². The van der Waals surface area contributed by atoms with Gasteiger partial charge in [-0.3, -0.25) is 4.79 Å². The first-order valence-electron chi connectivity index (χ1n) is 8.57. The van der Waals surface area contributed by atoms with Crippen LogP contribution in [0.15, 0.2) is 59.0 Å². The van der Waals surface area contributed by atoms with Gasteiger partial charge in [0.2, 0.25) is 0 Å². The van der Waals surface area contributed by atoms with Crippen LogP contribution in [0.4, 0.5) is 0 Å². The number of ether oxygens (including phenoxy) is 1. The molecule has 3 aromatic rings. The van der Waals surface area contributed by atoms with Gasteiger partial charge in [0.25, 0.3) is 5.91 Å². The quantitative estimate of drug-likeness (QED) is 0.731. The highest BCUT2D eigenvalue weighted by atomic mass is 16.6. The van der Waals surface area contributed by atoms with Crippen LogP contribution in [-0.2, 0) is 16.0 Å². The van der Waals surface area contributed by atoms with Gasteiger partial charge in [-0.25, -0.2) is 4.79 Å². The molecule has 0 fully saturated rings. The van der Waals surface area contributed by atoms with Crippen molar-refractivity contribution < 1.29 is 18.7 Å². The van der Waals surface area contributed by atoms with Gasteiger partial charge in [0.05, 0.1) is 11.6 Å². The van der Waals surface area contributed by atoms with Gasteiger partial charge in [-0.2, -0.15) is 0 Å². The molecule has 0 aliphatic carbocycles. The third kappa shape index (κ3) is 2.75. The summed E-state index contributed by atoms with van der Waals surface area (Å²) in [6.45, 7) is 3.49. The molecule has 0 bridgehead atoms. The van der Waals surface area contributed by atoms with Crippen molar-refractivity contribution in [1.29, 1.82) is 0 Å². The van der Waals surface area contributed by atoms with Crippen molar-refractivity contribution in [1.82, 2.24) is 5.32 Å². The van der Waals surface area contributed by atoms with Gasteiger partial charge in [-0.15, -0.1) is 0 Å². The number of hydrogen-bond acceptors (Lipinski definition) is 4. The van der Waals surface area contributed by atoms with E-state index in [1.54, 1.807) is 19.1 Å². The summed E-state index contributed by atoms with van der Waals surface area (Å²) in [4.78, 5) is 25.1. The van der Waals surface area contributed by atoms with Crippen LogP contribution in [0.25, 0.3) is 11.0 Å². The number of rotatable bonds is 3. The number of carbonyl (C=O) groups excluding carboxylic acids is 2. The van der Waals surface area contributed by atoms with E-state index in [-0.39, 0.29) is 11.9 Å². The Labute approximate surface area is 150 Å². The van der Waals surface area contributed by atoms with Gasteiger partial charge in [0.1, 0.15) is 11.3 Å². The molecule has 1 aliphatic rings. The number of esters is 1. The lowest BCUT2D eigenvalue weighted by atomic mass is 9.89. The lowest BCUT2D eigenvalue weighted by molar-refractivity contribution is -0.140. The summed E-state index contributed by atoms with van der Waals surface area (Å²) in [5.74, 6) is -0.153. The van der Waals surface area contributed by atoms with E-state index in [2.05, 4.69) is 5.32 Å². The van der Waals surface area contributed by atoms with Gasteiger partial charge >= 0.3 is 5.97 Å². The molecule has 0 spiro atoms. The average molecular weight is 349 g/mol. The second-order valence-corrected chi connectivity index (χ2v) is 6.84. The summed E-state index contributed by atoms with van der Waals surface area (Å²) in [5, 5.41) is 3.89. The average Bonchev–Trinajstić information content (AvgIpc) is 3.06. The van der Waals surface area contributed by atoms with E-state index in [0.717, 1.165) is 16.5 Å². The Morgan fingerprint density at radius 2 is 1.88 bits per heavy atom. The summed E-state index contributed by atoms with van der Waals surface area (Å²) >= 11 is 0. The lowest BCUT2D eigenvalue weighted by Crippen LogP contribution is -2.52. The summed E-state index contributed by atoms with van der Waals surface area (Å²) in [6.07, 6.45) is 0.341. The number of furan rings is 1. The van der Waals surface area contributed by atoms with Crippen LogP contribution in [0.1, 0.15) is 41.6 Å². The molecule has 0 saturated heterocycles. The van der Waals surface area contributed by atoms with Crippen molar-refractivity contribution in [2.45, 2.75) is 31.9 Å². The van der Waals surface area contributed by atoms with Crippen molar-refractivity contribution in [2.24, 2.45) is 0 Å². The highest BCUT2D eigenvalue weighted by Gasteiger charge is 2.43. The molecule has 5 nitrogen and oxygen atoms in total. The van der Waals surface area contributed by atoms with Crippen LogP contribution in [0, 0.1) is 0 Å². The summed E-state index contributed by atoms with van der Waals surface area (Å²) in [5.41, 5.74) is 0.861. The molecule has 1 aliphatic heterocycles. The van der Waals surface area contributed by atoms with Gasteiger partial charge < -0.3 is 14.5 Å². The first-order chi connectivity index (χ1) is 12.5. The van der Waals surface area contributed by atoms with Crippen LogP contribution < -0.4 is 5.32 Å². The zero-order valence-corrected chi connectivity index (χ0v) is 14.6. The number of para-hydroxylation sites is 1. The minimum atomic E-state index is -1.24. The van der Waals surface area contributed by atoms with Gasteiger partial charge in [-0.1, -0.05) is 36.4 Å². The molecule has 2 aromatic carbocycles. The smallest absolute Gasteiger partial charge is 0.339 e. The van der Waals surface area contributed by atoms with Crippen molar-refractivity contribution in [3.8, 4) is 0 Å². The largest absolute Gasteiger partial charge is 0.459 e. The SMILES string of the molecule is CC(NC(=O)C1(C)Cc2ccccc2C(=O)O1)c1cc2ccccc2o1. The molecule has 2 atom stereocenters. The zero-order valence-electron chi connectivity index (χ0n) is 14.6. The van der Waals surface area contributed by atoms with Gasteiger partial charge in [0, 0.05) is 11.8 Å². The Morgan fingerprint density at radius 3 is 2.69 bits per heavy atom. The van der Waals surface area contributed by atoms with Crippen LogP contribution in [-0.4, -0.2) is 17.5 Å². The van der Waals surface area contributed by atoms with E-state index in [1.807, 2.05) is 49.4 Å². The molecular formula is C21H19NO4. The van der Waals surface area contributed by atoms with E-state index in [4.69, 9.17) is 9.15 Å². The van der Waals surface area contributed by atoms with Crippen molar-refractivity contribution in [2.75, 3.05) is 0 Å². The number of fused-ring (bicyclic) bond motifs is 2. The van der Waals surface area contributed by atoms with E-state index in [9.17, 15) is 9.59 Å². The van der Waals surface area contributed by atoms with Crippen molar-refractivity contribution in [3.05, 3.63) is 71.5 Å². The molecule has 0 saturated carbocycles. The molecule has 1 N–H and O–H groups in total. The number of carbonyl (C=O) groups is 2. The Balaban J connectivity index is 1.55. The second-order valence-electron chi connectivity index (χ2n) is 6.84. The summed E-state index contributed by atoms with van der Waals surface area (Å²) in [7, 11) is 0. The fourth-order valence-corrected chi connectivity index (χ4v) is 3.30. The van der Waals surface area contributed by atoms with Crippen LogP contribution >= 0.6 is 0 Å². The number of benzene rings is 2. The number of hydrogen-bond donors (Lipinski definition) is 1. The topological polar surface area (TPSA) is 68.5 Å². The minimum absolute atomic E-state index is 0.340. The zero-order chi connectivity index (χ0) is 18.3. The highest BCUT2D eigenvalue weighted by molar-refractivity contribution is 5.97. The Morgan fingerprint density at radius 1 is 1.15 bits per heavy atom. The Hall–Kier alpha value is -3.08. The van der Waals surface area contributed by atoms with Crippen molar-refractivity contribution in [3.63, 3.8) is 0 Å². The highest BCUT2D eigenvalue weighted by Crippen LogP contribution is 2.30. The molecule has 1 aromatic heterocycles. The maximum atomic E-state index is 12.8. The molecule has 2 heterocycles. The summed E-state index contributed by atoms with van der Waals surface area (Å²) in [6, 6.07) is 16.4. The fourth-order valence-electron chi connectivity index (χ4n) is 3.30. The fraction of sp³-hybridized carbons (Fsp3) is 0.238. The maximum Gasteiger partial charge on any atom is 0.339 e. The van der Waals surface area contributed by atoms with Crippen LogP contribution in [0.2, 0.25) is 0 Å². The molecule has 4 rings (SSSR count). The number of cyclic esters (lactones) is 1. The Kier molecular flexibility index (Phi) is 3.80. The van der Waals surface area contributed by atoms with E-state index < -0.39 is 11.6 Å². The molecule has 5 heteroatoms. The Bertz CT molecular complexity index is 973. The van der Waals surface area contributed by atoms with E-state index in [1.165, 1.54) is 0 Å². The monoisotopic (exact) mass is 349 g/mol. The second kappa shape index (κ2) is 6.02. The van der Waals surface area contributed by atoms with Crippen molar-refractivity contribution >= 4 is 22.8 Å². The molecular weight excluding hydrogens is 330 g/mol. The third-order valence-electron chi connectivity index (χ3n) is 4.78. The first kappa shape index (κ1) is 16.4. The summed E-state index contributed by atoms with van der Waals surface area (Å²) < 4.78 is 11.3. The van der Waals surface area contributed by atoms with Gasteiger partial charge in [-0.05, 0) is 37.6 Å². The maximum absolute atomic E-state index is 12.8. The molecule has 0 radical (unpaired) electrons. The minimum Gasteiger partial charge on any atom is -0.459 e. The predicted octanol–water partition coefficient (Wildman–Crippen LogP) is 3.78. The lowest BCUT2D eigenvalue weighted by Gasteiger charge is -2.33.